The molecule has 2 aromatic carbocycles. The van der Waals surface area contributed by atoms with Crippen LogP contribution in [0.5, 0.6) is 5.75 Å². The van der Waals surface area contributed by atoms with Crippen molar-refractivity contribution in [3.63, 3.8) is 0 Å². The summed E-state index contributed by atoms with van der Waals surface area (Å²) in [5.74, 6) is 0.0856. The van der Waals surface area contributed by atoms with Crippen molar-refractivity contribution in [1.82, 2.24) is 5.32 Å². The van der Waals surface area contributed by atoms with Gasteiger partial charge >= 0.3 is 0 Å². The van der Waals surface area contributed by atoms with Gasteiger partial charge in [-0.1, -0.05) is 35.9 Å². The number of nitrogens with one attached hydrogen (secondary N) is 2. The Morgan fingerprint density at radius 1 is 1.19 bits per heavy atom. The van der Waals surface area contributed by atoms with Crippen molar-refractivity contribution in [2.24, 2.45) is 0 Å². The number of amides is 1. The van der Waals surface area contributed by atoms with Crippen molar-refractivity contribution in [1.29, 1.82) is 0 Å². The Morgan fingerprint density at radius 3 is 2.57 bits per heavy atom. The van der Waals surface area contributed by atoms with Crippen LogP contribution in [0.15, 0.2) is 42.5 Å². The van der Waals surface area contributed by atoms with E-state index < -0.39 is 0 Å². The van der Waals surface area contributed by atoms with Crippen molar-refractivity contribution in [3.8, 4) is 5.75 Å². The molecule has 2 rings (SSSR count). The molecule has 21 heavy (non-hydrogen) atoms. The SMILES string of the molecule is CNC(=O)Cc1ccc(NCc2cccc(Cl)c2O)cc1. The molecule has 5 heteroatoms. The molecule has 4 nitrogen and oxygen atoms in total. The summed E-state index contributed by atoms with van der Waals surface area (Å²) in [4.78, 5) is 11.3. The fourth-order valence-corrected chi connectivity index (χ4v) is 2.11. The van der Waals surface area contributed by atoms with Gasteiger partial charge in [0.05, 0.1) is 11.4 Å². The van der Waals surface area contributed by atoms with Crippen LogP contribution in [0, 0.1) is 0 Å². The van der Waals surface area contributed by atoms with Crippen molar-refractivity contribution >= 4 is 23.2 Å². The van der Waals surface area contributed by atoms with Gasteiger partial charge in [0.1, 0.15) is 5.75 Å². The summed E-state index contributed by atoms with van der Waals surface area (Å²) in [6, 6.07) is 12.9. The highest BCUT2D eigenvalue weighted by Gasteiger charge is 2.05. The number of carbonyl (C=O) groups excluding carboxylic acids is 1. The zero-order valence-corrected chi connectivity index (χ0v) is 12.4. The number of phenolic OH excluding ortho intramolecular Hbond substituents is 1. The normalized spacial score (nSPS) is 10.2. The topological polar surface area (TPSA) is 61.4 Å². The van der Waals surface area contributed by atoms with Crippen LogP contribution in [0.1, 0.15) is 11.1 Å². The molecule has 0 saturated carbocycles. The van der Waals surface area contributed by atoms with Gasteiger partial charge in [0, 0.05) is 24.8 Å². The summed E-state index contributed by atoms with van der Waals surface area (Å²) in [6.45, 7) is 0.473. The number of anilines is 1. The number of likely N-dealkylation sites (N-methyl/N-ethyl adjacent to an activating group) is 1. The van der Waals surface area contributed by atoms with Gasteiger partial charge in [-0.05, 0) is 23.8 Å². The van der Waals surface area contributed by atoms with E-state index in [-0.39, 0.29) is 11.7 Å². The Labute approximate surface area is 128 Å². The highest BCUT2D eigenvalue weighted by atomic mass is 35.5. The maximum atomic E-state index is 11.3. The lowest BCUT2D eigenvalue weighted by atomic mass is 10.1. The third kappa shape index (κ3) is 4.13. The highest BCUT2D eigenvalue weighted by Crippen LogP contribution is 2.27. The fraction of sp³-hybridized carbons (Fsp3) is 0.188. The monoisotopic (exact) mass is 304 g/mol. The third-order valence-corrected chi connectivity index (χ3v) is 3.46. The molecule has 0 bridgehead atoms. The predicted molar refractivity (Wildman–Crippen MR) is 84.7 cm³/mol. The molecule has 3 N–H and O–H groups in total. The molecule has 2 aromatic rings. The molecule has 0 fully saturated rings. The van der Waals surface area contributed by atoms with E-state index in [1.54, 1.807) is 19.2 Å². The van der Waals surface area contributed by atoms with E-state index in [0.717, 1.165) is 16.8 Å². The number of halogens is 1. The Hall–Kier alpha value is -2.20. The van der Waals surface area contributed by atoms with Crippen LogP contribution in [0.3, 0.4) is 0 Å². The number of benzene rings is 2. The van der Waals surface area contributed by atoms with Crippen LogP contribution in [0.4, 0.5) is 5.69 Å². The minimum Gasteiger partial charge on any atom is -0.506 e. The Balaban J connectivity index is 1.97. The molecular formula is C16H17ClN2O2. The molecule has 1 amide bonds. The second kappa shape index (κ2) is 6.99. The fourth-order valence-electron chi connectivity index (χ4n) is 1.91. The minimum atomic E-state index is -0.0143. The van der Waals surface area contributed by atoms with Crippen LogP contribution in [0.2, 0.25) is 5.02 Å². The average Bonchev–Trinajstić information content (AvgIpc) is 2.50. The zero-order chi connectivity index (χ0) is 15.2. The molecule has 0 heterocycles. The minimum absolute atomic E-state index is 0.0143. The lowest BCUT2D eigenvalue weighted by Crippen LogP contribution is -2.19. The van der Waals surface area contributed by atoms with Crippen LogP contribution in [-0.2, 0) is 17.8 Å². The predicted octanol–water partition coefficient (Wildman–Crippen LogP) is 2.95. The largest absolute Gasteiger partial charge is 0.506 e. The van der Waals surface area contributed by atoms with Crippen LogP contribution in [-0.4, -0.2) is 18.1 Å². The first-order valence-corrected chi connectivity index (χ1v) is 6.97. The van der Waals surface area contributed by atoms with Gasteiger partial charge in [-0.25, -0.2) is 0 Å². The van der Waals surface area contributed by atoms with Crippen molar-refractivity contribution in [2.45, 2.75) is 13.0 Å². The Morgan fingerprint density at radius 2 is 1.90 bits per heavy atom. The average molecular weight is 305 g/mol. The maximum Gasteiger partial charge on any atom is 0.224 e. The van der Waals surface area contributed by atoms with Gasteiger partial charge in [0.2, 0.25) is 5.91 Å². The molecule has 0 radical (unpaired) electrons. The standard InChI is InChI=1S/C16H17ClN2O2/c1-18-15(20)9-11-5-7-13(8-6-11)19-10-12-3-2-4-14(17)16(12)21/h2-8,19,21H,9-10H2,1H3,(H,18,20). The van der Waals surface area contributed by atoms with E-state index in [0.29, 0.717) is 18.0 Å². The van der Waals surface area contributed by atoms with Crippen molar-refractivity contribution in [2.75, 3.05) is 12.4 Å². The second-order valence-electron chi connectivity index (χ2n) is 4.65. The van der Waals surface area contributed by atoms with E-state index in [2.05, 4.69) is 10.6 Å². The molecule has 0 aliphatic rings. The third-order valence-electron chi connectivity index (χ3n) is 3.15. The van der Waals surface area contributed by atoms with Crippen molar-refractivity contribution < 1.29 is 9.90 Å². The van der Waals surface area contributed by atoms with E-state index in [1.807, 2.05) is 30.3 Å². The van der Waals surface area contributed by atoms with Gasteiger partial charge in [-0.3, -0.25) is 4.79 Å². The van der Waals surface area contributed by atoms with Crippen LogP contribution < -0.4 is 10.6 Å². The van der Waals surface area contributed by atoms with Gasteiger partial charge in [-0.15, -0.1) is 0 Å². The van der Waals surface area contributed by atoms with Gasteiger partial charge in [0.25, 0.3) is 0 Å². The van der Waals surface area contributed by atoms with E-state index in [9.17, 15) is 9.90 Å². The summed E-state index contributed by atoms with van der Waals surface area (Å²) >= 11 is 5.86. The van der Waals surface area contributed by atoms with E-state index in [1.165, 1.54) is 0 Å². The lowest BCUT2D eigenvalue weighted by molar-refractivity contribution is -0.119. The lowest BCUT2D eigenvalue weighted by Gasteiger charge is -2.09. The number of phenols is 1. The molecular weight excluding hydrogens is 288 g/mol. The van der Waals surface area contributed by atoms with Crippen LogP contribution >= 0.6 is 11.6 Å². The first-order valence-electron chi connectivity index (χ1n) is 6.60. The van der Waals surface area contributed by atoms with E-state index >= 15 is 0 Å². The Kier molecular flexibility index (Phi) is 5.06. The number of rotatable bonds is 5. The van der Waals surface area contributed by atoms with E-state index in [4.69, 9.17) is 11.6 Å². The summed E-state index contributed by atoms with van der Waals surface area (Å²) < 4.78 is 0. The molecule has 0 aliphatic carbocycles. The quantitative estimate of drug-likeness (QED) is 0.796. The number of aromatic hydroxyl groups is 1. The summed E-state index contributed by atoms with van der Waals surface area (Å²) in [7, 11) is 1.62. The summed E-state index contributed by atoms with van der Waals surface area (Å²) in [5.41, 5.74) is 2.59. The number of para-hydroxylation sites is 1. The molecule has 0 aromatic heterocycles. The molecule has 0 unspecified atom stereocenters. The number of hydrogen-bond acceptors (Lipinski definition) is 3. The second-order valence-corrected chi connectivity index (χ2v) is 5.06. The molecule has 0 aliphatic heterocycles. The van der Waals surface area contributed by atoms with Crippen LogP contribution in [0.25, 0.3) is 0 Å². The molecule has 0 spiro atoms. The van der Waals surface area contributed by atoms with Crippen molar-refractivity contribution in [3.05, 3.63) is 58.6 Å². The smallest absolute Gasteiger partial charge is 0.224 e. The zero-order valence-electron chi connectivity index (χ0n) is 11.7. The first-order chi connectivity index (χ1) is 10.1. The number of carbonyl (C=O) groups is 1. The molecule has 110 valence electrons. The Bertz CT molecular complexity index is 627. The van der Waals surface area contributed by atoms with Gasteiger partial charge in [-0.2, -0.15) is 0 Å². The molecule has 0 atom stereocenters. The maximum absolute atomic E-state index is 11.3. The molecule has 0 saturated heterocycles. The summed E-state index contributed by atoms with van der Waals surface area (Å²) in [6.07, 6.45) is 0.367. The number of hydrogen-bond donors (Lipinski definition) is 3. The van der Waals surface area contributed by atoms with Gasteiger partial charge in [0.15, 0.2) is 0 Å². The first kappa shape index (κ1) is 15.2. The summed E-state index contributed by atoms with van der Waals surface area (Å²) in [5, 5.41) is 16.0. The highest BCUT2D eigenvalue weighted by molar-refractivity contribution is 6.32. The van der Waals surface area contributed by atoms with Gasteiger partial charge < -0.3 is 15.7 Å².